The lowest BCUT2D eigenvalue weighted by atomic mass is 10.3. The standard InChI is InChI=1S/C12H12N4O3/c17-11(8-15-7-6-13-14-15)16(9-12(18)19)10-4-2-1-3-5-10/h1-7H,8-9H2,(H,18,19). The molecular formula is C12H12N4O3. The van der Waals surface area contributed by atoms with Crippen molar-refractivity contribution in [1.82, 2.24) is 15.0 Å². The Morgan fingerprint density at radius 2 is 2.00 bits per heavy atom. The summed E-state index contributed by atoms with van der Waals surface area (Å²) in [4.78, 5) is 24.2. The van der Waals surface area contributed by atoms with Crippen molar-refractivity contribution in [3.8, 4) is 0 Å². The molecule has 2 rings (SSSR count). The molecule has 1 N–H and O–H groups in total. The third kappa shape index (κ3) is 3.38. The summed E-state index contributed by atoms with van der Waals surface area (Å²) in [6.07, 6.45) is 3.00. The lowest BCUT2D eigenvalue weighted by Crippen LogP contribution is -2.38. The minimum Gasteiger partial charge on any atom is -0.480 e. The fourth-order valence-electron chi connectivity index (χ4n) is 1.61. The maximum atomic E-state index is 12.1. The molecule has 2 aromatic rings. The largest absolute Gasteiger partial charge is 0.480 e. The van der Waals surface area contributed by atoms with Gasteiger partial charge in [0.05, 0.1) is 6.20 Å². The van der Waals surface area contributed by atoms with Crippen molar-refractivity contribution < 1.29 is 14.7 Å². The molecule has 0 aliphatic rings. The number of hydrogen-bond acceptors (Lipinski definition) is 4. The Kier molecular flexibility index (Phi) is 3.87. The van der Waals surface area contributed by atoms with Crippen molar-refractivity contribution in [2.24, 2.45) is 0 Å². The monoisotopic (exact) mass is 260 g/mol. The van der Waals surface area contributed by atoms with Crippen LogP contribution in [0.3, 0.4) is 0 Å². The van der Waals surface area contributed by atoms with Crippen LogP contribution in [-0.4, -0.2) is 38.5 Å². The molecule has 0 fully saturated rings. The lowest BCUT2D eigenvalue weighted by molar-refractivity contribution is -0.136. The molecule has 98 valence electrons. The average Bonchev–Trinajstić information content (AvgIpc) is 2.89. The SMILES string of the molecule is O=C(O)CN(C(=O)Cn1ccnn1)c1ccccc1. The number of aromatic nitrogens is 3. The number of anilines is 1. The number of aliphatic carboxylic acids is 1. The zero-order valence-corrected chi connectivity index (χ0v) is 10.0. The molecule has 0 atom stereocenters. The van der Waals surface area contributed by atoms with E-state index in [1.165, 1.54) is 15.8 Å². The van der Waals surface area contributed by atoms with E-state index in [4.69, 9.17) is 5.11 Å². The highest BCUT2D eigenvalue weighted by atomic mass is 16.4. The maximum absolute atomic E-state index is 12.1. The van der Waals surface area contributed by atoms with Crippen LogP contribution in [0, 0.1) is 0 Å². The Morgan fingerprint density at radius 3 is 2.58 bits per heavy atom. The van der Waals surface area contributed by atoms with E-state index in [1.807, 2.05) is 0 Å². The van der Waals surface area contributed by atoms with Crippen LogP contribution >= 0.6 is 0 Å². The van der Waals surface area contributed by atoms with Crippen molar-refractivity contribution in [2.45, 2.75) is 6.54 Å². The smallest absolute Gasteiger partial charge is 0.323 e. The van der Waals surface area contributed by atoms with Gasteiger partial charge in [-0.3, -0.25) is 14.5 Å². The molecule has 7 heteroatoms. The molecule has 0 spiro atoms. The second kappa shape index (κ2) is 5.76. The molecule has 0 radical (unpaired) electrons. The normalized spacial score (nSPS) is 10.1. The third-order valence-corrected chi connectivity index (χ3v) is 2.43. The summed E-state index contributed by atoms with van der Waals surface area (Å²) in [5.74, 6) is -1.44. The summed E-state index contributed by atoms with van der Waals surface area (Å²) < 4.78 is 1.35. The second-order valence-electron chi connectivity index (χ2n) is 3.81. The van der Waals surface area contributed by atoms with Crippen molar-refractivity contribution in [2.75, 3.05) is 11.4 Å². The van der Waals surface area contributed by atoms with Gasteiger partial charge in [0.25, 0.3) is 0 Å². The highest BCUT2D eigenvalue weighted by molar-refractivity contribution is 5.97. The number of carboxylic acids is 1. The van der Waals surface area contributed by atoms with Gasteiger partial charge in [0, 0.05) is 11.9 Å². The molecule has 0 aliphatic heterocycles. The Hall–Kier alpha value is -2.70. The van der Waals surface area contributed by atoms with Crippen LogP contribution in [0.5, 0.6) is 0 Å². The van der Waals surface area contributed by atoms with Gasteiger partial charge in [0.2, 0.25) is 5.91 Å². The molecule has 19 heavy (non-hydrogen) atoms. The molecule has 1 amide bonds. The van der Waals surface area contributed by atoms with Gasteiger partial charge >= 0.3 is 5.97 Å². The van der Waals surface area contributed by atoms with Crippen molar-refractivity contribution in [3.05, 3.63) is 42.7 Å². The predicted octanol–water partition coefficient (Wildman–Crippen LogP) is 0.396. The molecule has 0 aliphatic carbocycles. The Bertz CT molecular complexity index is 554. The fourth-order valence-corrected chi connectivity index (χ4v) is 1.61. The molecule has 0 bridgehead atoms. The Morgan fingerprint density at radius 1 is 1.26 bits per heavy atom. The molecule has 0 unspecified atom stereocenters. The molecule has 0 saturated carbocycles. The van der Waals surface area contributed by atoms with Crippen LogP contribution in [0.25, 0.3) is 0 Å². The number of amides is 1. The predicted molar refractivity (Wildman–Crippen MR) is 66.5 cm³/mol. The summed E-state index contributed by atoms with van der Waals surface area (Å²) in [5.41, 5.74) is 0.537. The van der Waals surface area contributed by atoms with Crippen molar-refractivity contribution >= 4 is 17.6 Å². The van der Waals surface area contributed by atoms with Gasteiger partial charge < -0.3 is 5.11 Å². The van der Waals surface area contributed by atoms with Crippen LogP contribution in [0.15, 0.2) is 42.7 Å². The first-order valence-electron chi connectivity index (χ1n) is 5.58. The summed E-state index contributed by atoms with van der Waals surface area (Å²) in [6, 6.07) is 8.65. The van der Waals surface area contributed by atoms with Gasteiger partial charge in [0.15, 0.2) is 0 Å². The van der Waals surface area contributed by atoms with Crippen LogP contribution in [0.2, 0.25) is 0 Å². The quantitative estimate of drug-likeness (QED) is 0.840. The molecule has 0 saturated heterocycles. The molecular weight excluding hydrogens is 248 g/mol. The number of nitrogens with zero attached hydrogens (tertiary/aromatic N) is 4. The van der Waals surface area contributed by atoms with E-state index < -0.39 is 12.5 Å². The zero-order valence-electron chi connectivity index (χ0n) is 10.0. The minimum atomic E-state index is -1.07. The highest BCUT2D eigenvalue weighted by Gasteiger charge is 2.19. The van der Waals surface area contributed by atoms with E-state index >= 15 is 0 Å². The number of carbonyl (C=O) groups is 2. The molecule has 7 nitrogen and oxygen atoms in total. The van der Waals surface area contributed by atoms with Crippen LogP contribution in [0.1, 0.15) is 0 Å². The third-order valence-electron chi connectivity index (χ3n) is 2.43. The number of carboxylic acid groups (broad SMARTS) is 1. The molecule has 1 aromatic carbocycles. The summed E-state index contributed by atoms with van der Waals surface area (Å²) in [5, 5.41) is 16.2. The number of carbonyl (C=O) groups excluding carboxylic acids is 1. The first-order valence-corrected chi connectivity index (χ1v) is 5.58. The van der Waals surface area contributed by atoms with Gasteiger partial charge in [-0.15, -0.1) is 5.10 Å². The lowest BCUT2D eigenvalue weighted by Gasteiger charge is -2.20. The van der Waals surface area contributed by atoms with E-state index in [1.54, 1.807) is 36.5 Å². The molecule has 1 aromatic heterocycles. The zero-order chi connectivity index (χ0) is 13.7. The van der Waals surface area contributed by atoms with Crippen LogP contribution in [-0.2, 0) is 16.1 Å². The number of para-hydroxylation sites is 1. The van der Waals surface area contributed by atoms with E-state index in [2.05, 4.69) is 10.3 Å². The first kappa shape index (κ1) is 12.7. The van der Waals surface area contributed by atoms with E-state index in [-0.39, 0.29) is 12.5 Å². The van der Waals surface area contributed by atoms with Crippen molar-refractivity contribution in [3.63, 3.8) is 0 Å². The highest BCUT2D eigenvalue weighted by Crippen LogP contribution is 2.13. The van der Waals surface area contributed by atoms with E-state index in [9.17, 15) is 9.59 Å². The van der Waals surface area contributed by atoms with Gasteiger partial charge in [-0.25, -0.2) is 4.68 Å². The first-order chi connectivity index (χ1) is 9.16. The fraction of sp³-hybridized carbons (Fsp3) is 0.167. The van der Waals surface area contributed by atoms with Gasteiger partial charge in [-0.1, -0.05) is 23.4 Å². The van der Waals surface area contributed by atoms with Crippen LogP contribution < -0.4 is 4.90 Å². The average molecular weight is 260 g/mol. The summed E-state index contributed by atoms with van der Waals surface area (Å²) >= 11 is 0. The van der Waals surface area contributed by atoms with E-state index in [0.29, 0.717) is 5.69 Å². The maximum Gasteiger partial charge on any atom is 0.323 e. The minimum absolute atomic E-state index is 0.0534. The van der Waals surface area contributed by atoms with E-state index in [0.717, 1.165) is 0 Å². The number of rotatable bonds is 5. The summed E-state index contributed by atoms with van der Waals surface area (Å²) in [6.45, 7) is -0.445. The number of hydrogen-bond donors (Lipinski definition) is 1. The van der Waals surface area contributed by atoms with Gasteiger partial charge in [-0.2, -0.15) is 0 Å². The van der Waals surface area contributed by atoms with Gasteiger partial charge in [0.1, 0.15) is 13.1 Å². The number of benzene rings is 1. The second-order valence-corrected chi connectivity index (χ2v) is 3.81. The Labute approximate surface area is 109 Å². The van der Waals surface area contributed by atoms with Crippen LogP contribution in [0.4, 0.5) is 5.69 Å². The molecule has 1 heterocycles. The van der Waals surface area contributed by atoms with Gasteiger partial charge in [-0.05, 0) is 12.1 Å². The Balaban J connectivity index is 2.18. The topological polar surface area (TPSA) is 88.3 Å². The van der Waals surface area contributed by atoms with Crippen molar-refractivity contribution in [1.29, 1.82) is 0 Å². The summed E-state index contributed by atoms with van der Waals surface area (Å²) in [7, 11) is 0.